The lowest BCUT2D eigenvalue weighted by molar-refractivity contribution is 0.415. The van der Waals surface area contributed by atoms with E-state index in [0.29, 0.717) is 0 Å². The number of benzene rings is 2. The molecule has 0 atom stereocenters. The Morgan fingerprint density at radius 3 is 2.35 bits per heavy atom. The van der Waals surface area contributed by atoms with Gasteiger partial charge in [0, 0.05) is 0 Å². The molecule has 0 bridgehead atoms. The van der Waals surface area contributed by atoms with Crippen molar-refractivity contribution in [2.45, 2.75) is 13.8 Å². The van der Waals surface area contributed by atoms with Crippen molar-refractivity contribution in [1.29, 1.82) is 0 Å². The second-order valence-corrected chi connectivity index (χ2v) is 4.77. The lowest BCUT2D eigenvalue weighted by Gasteiger charge is -2.12. The Hall–Kier alpha value is -2.36. The maximum Gasteiger partial charge on any atom is 0.149 e. The maximum absolute atomic E-state index is 5.51. The van der Waals surface area contributed by atoms with Gasteiger partial charge in [0.1, 0.15) is 22.5 Å². The second kappa shape index (κ2) is 4.63. The minimum atomic E-state index is 0.731. The number of fused-ring (bicyclic) bond motifs is 2. The third-order valence-electron chi connectivity index (χ3n) is 3.61. The molecule has 0 aliphatic rings. The zero-order valence-corrected chi connectivity index (χ0v) is 12.0. The molecule has 0 aliphatic carbocycles. The first kappa shape index (κ1) is 12.7. The van der Waals surface area contributed by atoms with E-state index in [4.69, 9.17) is 19.4 Å². The van der Waals surface area contributed by atoms with Crippen molar-refractivity contribution in [2.24, 2.45) is 0 Å². The number of aromatic nitrogens is 2. The number of para-hydroxylation sites is 1. The van der Waals surface area contributed by atoms with E-state index in [1.54, 1.807) is 14.2 Å². The Bertz CT molecular complexity index is 813. The molecule has 0 N–H and O–H groups in total. The Kier molecular flexibility index (Phi) is 2.93. The predicted octanol–water partition coefficient (Wildman–Crippen LogP) is 3.42. The summed E-state index contributed by atoms with van der Waals surface area (Å²) < 4.78 is 10.9. The van der Waals surface area contributed by atoms with Crippen LogP contribution in [0.15, 0.2) is 24.3 Å². The summed E-state index contributed by atoms with van der Waals surface area (Å²) in [4.78, 5) is 9.38. The number of hydrogen-bond donors (Lipinski definition) is 0. The molecule has 0 radical (unpaired) electrons. The molecule has 0 saturated heterocycles. The van der Waals surface area contributed by atoms with E-state index in [2.05, 4.69) is 0 Å². The Morgan fingerprint density at radius 1 is 0.900 bits per heavy atom. The van der Waals surface area contributed by atoms with Gasteiger partial charge in [-0.1, -0.05) is 6.07 Å². The standard InChI is InChI=1S/C16H16N2O2/c1-9-8-12-15(16(20-4)10(9)2)17-11-6-5-7-13(19-3)14(11)18-12/h5-8H,1-4H3. The van der Waals surface area contributed by atoms with Crippen molar-refractivity contribution in [3.63, 3.8) is 0 Å². The molecule has 3 rings (SSSR count). The number of ether oxygens (including phenoxy) is 2. The highest BCUT2D eigenvalue weighted by atomic mass is 16.5. The molecule has 4 nitrogen and oxygen atoms in total. The minimum Gasteiger partial charge on any atom is -0.494 e. The van der Waals surface area contributed by atoms with Crippen molar-refractivity contribution in [3.8, 4) is 11.5 Å². The van der Waals surface area contributed by atoms with Gasteiger partial charge in [-0.3, -0.25) is 0 Å². The molecule has 3 aromatic rings. The quantitative estimate of drug-likeness (QED) is 0.668. The van der Waals surface area contributed by atoms with Gasteiger partial charge in [0.2, 0.25) is 0 Å². The number of methoxy groups -OCH3 is 2. The summed E-state index contributed by atoms with van der Waals surface area (Å²) in [6, 6.07) is 7.77. The number of aryl methyl sites for hydroxylation is 1. The zero-order chi connectivity index (χ0) is 14.3. The van der Waals surface area contributed by atoms with Crippen LogP contribution >= 0.6 is 0 Å². The molecule has 102 valence electrons. The zero-order valence-electron chi connectivity index (χ0n) is 12.0. The smallest absolute Gasteiger partial charge is 0.149 e. The minimum absolute atomic E-state index is 0.731. The highest BCUT2D eigenvalue weighted by molar-refractivity contribution is 5.93. The normalized spacial score (nSPS) is 11.0. The Morgan fingerprint density at radius 2 is 1.65 bits per heavy atom. The summed E-state index contributed by atoms with van der Waals surface area (Å²) in [6.07, 6.45) is 0. The van der Waals surface area contributed by atoms with Gasteiger partial charge in [-0.25, -0.2) is 9.97 Å². The van der Waals surface area contributed by atoms with Crippen LogP contribution in [0.1, 0.15) is 11.1 Å². The molecule has 4 heteroatoms. The SMILES string of the molecule is COc1cccc2nc3c(OC)c(C)c(C)cc3nc12. The summed E-state index contributed by atoms with van der Waals surface area (Å²) >= 11 is 0. The highest BCUT2D eigenvalue weighted by Gasteiger charge is 2.13. The van der Waals surface area contributed by atoms with Gasteiger partial charge in [-0.15, -0.1) is 0 Å². The second-order valence-electron chi connectivity index (χ2n) is 4.77. The highest BCUT2D eigenvalue weighted by Crippen LogP contribution is 2.32. The maximum atomic E-state index is 5.51. The molecule has 0 unspecified atom stereocenters. The van der Waals surface area contributed by atoms with E-state index in [-0.39, 0.29) is 0 Å². The van der Waals surface area contributed by atoms with Crippen LogP contribution in [0.5, 0.6) is 11.5 Å². The van der Waals surface area contributed by atoms with E-state index >= 15 is 0 Å². The van der Waals surface area contributed by atoms with Crippen LogP contribution in [0.4, 0.5) is 0 Å². The van der Waals surface area contributed by atoms with Crippen LogP contribution in [0.2, 0.25) is 0 Å². The summed E-state index contributed by atoms with van der Waals surface area (Å²) in [5.41, 5.74) is 5.42. The number of rotatable bonds is 2. The fourth-order valence-corrected chi connectivity index (χ4v) is 2.42. The van der Waals surface area contributed by atoms with Crippen molar-refractivity contribution >= 4 is 22.1 Å². The van der Waals surface area contributed by atoms with Gasteiger partial charge >= 0.3 is 0 Å². The van der Waals surface area contributed by atoms with Gasteiger partial charge in [0.05, 0.1) is 25.3 Å². The fourth-order valence-electron chi connectivity index (χ4n) is 2.42. The van der Waals surface area contributed by atoms with Gasteiger partial charge in [-0.05, 0) is 43.2 Å². The van der Waals surface area contributed by atoms with Crippen molar-refractivity contribution in [3.05, 3.63) is 35.4 Å². The van der Waals surface area contributed by atoms with E-state index < -0.39 is 0 Å². The van der Waals surface area contributed by atoms with Gasteiger partial charge < -0.3 is 9.47 Å². The van der Waals surface area contributed by atoms with Crippen LogP contribution < -0.4 is 9.47 Å². The molecule has 0 saturated carbocycles. The number of hydrogen-bond acceptors (Lipinski definition) is 4. The van der Waals surface area contributed by atoms with Crippen LogP contribution in [0, 0.1) is 13.8 Å². The van der Waals surface area contributed by atoms with Gasteiger partial charge in [-0.2, -0.15) is 0 Å². The fraction of sp³-hybridized carbons (Fsp3) is 0.250. The van der Waals surface area contributed by atoms with Crippen molar-refractivity contribution < 1.29 is 9.47 Å². The first-order chi connectivity index (χ1) is 9.65. The van der Waals surface area contributed by atoms with Crippen LogP contribution in [-0.4, -0.2) is 24.2 Å². The Labute approximate surface area is 117 Å². The topological polar surface area (TPSA) is 44.2 Å². The summed E-state index contributed by atoms with van der Waals surface area (Å²) in [6.45, 7) is 4.08. The molecule has 0 amide bonds. The monoisotopic (exact) mass is 268 g/mol. The molecule has 1 heterocycles. The van der Waals surface area contributed by atoms with Crippen LogP contribution in [0.3, 0.4) is 0 Å². The van der Waals surface area contributed by atoms with Gasteiger partial charge in [0.25, 0.3) is 0 Å². The van der Waals surface area contributed by atoms with Crippen molar-refractivity contribution in [1.82, 2.24) is 9.97 Å². The molecule has 0 spiro atoms. The van der Waals surface area contributed by atoms with Gasteiger partial charge in [0.15, 0.2) is 0 Å². The molecule has 2 aromatic carbocycles. The average molecular weight is 268 g/mol. The summed E-state index contributed by atoms with van der Waals surface area (Å²) in [5, 5.41) is 0. The van der Waals surface area contributed by atoms with Crippen molar-refractivity contribution in [2.75, 3.05) is 14.2 Å². The third kappa shape index (κ3) is 1.76. The predicted molar refractivity (Wildman–Crippen MR) is 79.6 cm³/mol. The largest absolute Gasteiger partial charge is 0.494 e. The van der Waals surface area contributed by atoms with E-state index in [1.807, 2.05) is 38.1 Å². The Balaban J connectivity index is 2.47. The molecular weight excluding hydrogens is 252 g/mol. The summed E-state index contributed by atoms with van der Waals surface area (Å²) in [7, 11) is 3.31. The first-order valence-corrected chi connectivity index (χ1v) is 6.44. The first-order valence-electron chi connectivity index (χ1n) is 6.44. The van der Waals surface area contributed by atoms with Crippen LogP contribution in [0.25, 0.3) is 22.1 Å². The third-order valence-corrected chi connectivity index (χ3v) is 3.61. The molecule has 0 fully saturated rings. The average Bonchev–Trinajstić information content (AvgIpc) is 2.46. The lowest BCUT2D eigenvalue weighted by Crippen LogP contribution is -1.97. The summed E-state index contributed by atoms with van der Waals surface area (Å²) in [5.74, 6) is 1.52. The number of nitrogens with zero attached hydrogens (tertiary/aromatic N) is 2. The molecule has 0 aliphatic heterocycles. The molecule has 1 aromatic heterocycles. The van der Waals surface area contributed by atoms with E-state index in [1.165, 1.54) is 0 Å². The van der Waals surface area contributed by atoms with E-state index in [9.17, 15) is 0 Å². The lowest BCUT2D eigenvalue weighted by atomic mass is 10.1. The molecule has 20 heavy (non-hydrogen) atoms. The van der Waals surface area contributed by atoms with Crippen LogP contribution in [-0.2, 0) is 0 Å². The molecular formula is C16H16N2O2. The van der Waals surface area contributed by atoms with E-state index in [0.717, 1.165) is 44.7 Å².